The van der Waals surface area contributed by atoms with Crippen molar-refractivity contribution in [1.82, 2.24) is 19.7 Å². The predicted molar refractivity (Wildman–Crippen MR) is 94.9 cm³/mol. The van der Waals surface area contributed by atoms with Gasteiger partial charge in [0.25, 0.3) is 0 Å². The second-order valence-corrected chi connectivity index (χ2v) is 7.53. The maximum Gasteiger partial charge on any atom is 0.141 e. The Bertz CT molecular complexity index is 705. The number of hydrogen-bond acceptors (Lipinski definition) is 4. The minimum absolute atomic E-state index is 0.0806. The van der Waals surface area contributed by atoms with Gasteiger partial charge >= 0.3 is 0 Å². The summed E-state index contributed by atoms with van der Waals surface area (Å²) in [5.41, 5.74) is 7.60. The Labute approximate surface area is 147 Å². The fraction of sp³-hybridized carbons (Fsp3) is 0.556. The summed E-state index contributed by atoms with van der Waals surface area (Å²) in [6, 6.07) is 8.87. The number of rotatable bonds is 3. The molecule has 0 radical (unpaired) electrons. The molecule has 128 valence electrons. The fourth-order valence-electron chi connectivity index (χ4n) is 4.34. The lowest BCUT2D eigenvalue weighted by atomic mass is 9.68. The van der Waals surface area contributed by atoms with Crippen LogP contribution in [0.1, 0.15) is 37.1 Å². The summed E-state index contributed by atoms with van der Waals surface area (Å²) < 4.78 is 2.02. The molecule has 4 rings (SSSR count). The van der Waals surface area contributed by atoms with Crippen LogP contribution in [0.3, 0.4) is 0 Å². The molecule has 0 amide bonds. The zero-order valence-electron chi connectivity index (χ0n) is 13.9. The molecule has 0 atom stereocenters. The van der Waals surface area contributed by atoms with Gasteiger partial charge in [-0.05, 0) is 43.4 Å². The Hall–Kier alpha value is -1.43. The van der Waals surface area contributed by atoms with Crippen molar-refractivity contribution in [3.63, 3.8) is 0 Å². The van der Waals surface area contributed by atoms with Crippen molar-refractivity contribution in [2.75, 3.05) is 13.1 Å². The van der Waals surface area contributed by atoms with Crippen molar-refractivity contribution in [2.45, 2.75) is 50.2 Å². The molecular formula is C18H24ClN5. The molecule has 1 aliphatic heterocycles. The molecule has 24 heavy (non-hydrogen) atoms. The van der Waals surface area contributed by atoms with E-state index in [4.69, 9.17) is 17.3 Å². The average Bonchev–Trinajstić information content (AvgIpc) is 3.09. The molecule has 2 N–H and O–H groups in total. The van der Waals surface area contributed by atoms with E-state index in [9.17, 15) is 0 Å². The number of nitrogens with zero attached hydrogens (tertiary/aromatic N) is 4. The van der Waals surface area contributed by atoms with E-state index in [0.29, 0.717) is 12.6 Å². The lowest BCUT2D eigenvalue weighted by molar-refractivity contribution is 0.0948. The van der Waals surface area contributed by atoms with Gasteiger partial charge in [-0.25, -0.2) is 9.67 Å². The Morgan fingerprint density at radius 2 is 2.08 bits per heavy atom. The number of halogens is 1. The van der Waals surface area contributed by atoms with Crippen molar-refractivity contribution in [1.29, 1.82) is 0 Å². The third-order valence-corrected chi connectivity index (χ3v) is 6.13. The first-order valence-corrected chi connectivity index (χ1v) is 9.15. The van der Waals surface area contributed by atoms with Gasteiger partial charge in [0.2, 0.25) is 0 Å². The normalized spacial score (nSPS) is 27.8. The Morgan fingerprint density at radius 1 is 1.25 bits per heavy atom. The first kappa shape index (κ1) is 16.1. The van der Waals surface area contributed by atoms with Gasteiger partial charge in [0.1, 0.15) is 12.2 Å². The molecule has 0 spiro atoms. The third kappa shape index (κ3) is 2.85. The fourth-order valence-corrected chi connectivity index (χ4v) is 4.53. The van der Waals surface area contributed by atoms with Crippen LogP contribution >= 0.6 is 11.6 Å². The molecule has 1 aromatic carbocycles. The van der Waals surface area contributed by atoms with Crippen LogP contribution in [-0.2, 0) is 18.5 Å². The van der Waals surface area contributed by atoms with Gasteiger partial charge in [-0.3, -0.25) is 4.90 Å². The lowest BCUT2D eigenvalue weighted by Crippen LogP contribution is -2.47. The standard InChI is InChI=1S/C18H24ClN5/c19-15-3-1-2-14(10-15)18(12-20)6-4-16(5-7-18)23-8-9-24-17(11-23)21-13-22-24/h1-3,10,13,16H,4-9,11-12,20H2/t16-,18+. The molecule has 1 aliphatic carbocycles. The molecule has 5 nitrogen and oxygen atoms in total. The highest BCUT2D eigenvalue weighted by Crippen LogP contribution is 2.41. The lowest BCUT2D eigenvalue weighted by Gasteiger charge is -2.44. The summed E-state index contributed by atoms with van der Waals surface area (Å²) in [6.07, 6.45) is 6.27. The van der Waals surface area contributed by atoms with Gasteiger partial charge < -0.3 is 5.73 Å². The van der Waals surface area contributed by atoms with Crippen LogP contribution in [0, 0.1) is 0 Å². The van der Waals surface area contributed by atoms with Crippen molar-refractivity contribution in [2.24, 2.45) is 5.73 Å². The first-order valence-electron chi connectivity index (χ1n) is 8.77. The van der Waals surface area contributed by atoms with Crippen molar-refractivity contribution in [3.05, 3.63) is 47.0 Å². The second-order valence-electron chi connectivity index (χ2n) is 7.10. The summed E-state index contributed by atoms with van der Waals surface area (Å²) in [4.78, 5) is 6.95. The quantitative estimate of drug-likeness (QED) is 0.928. The second kappa shape index (κ2) is 6.47. The zero-order valence-corrected chi connectivity index (χ0v) is 14.6. The minimum atomic E-state index is 0.0806. The molecule has 1 aromatic heterocycles. The molecule has 0 saturated heterocycles. The summed E-state index contributed by atoms with van der Waals surface area (Å²) in [7, 11) is 0. The van der Waals surface area contributed by atoms with Gasteiger partial charge in [0, 0.05) is 29.6 Å². The van der Waals surface area contributed by atoms with E-state index in [1.54, 1.807) is 6.33 Å². The van der Waals surface area contributed by atoms with Crippen molar-refractivity contribution >= 4 is 11.6 Å². The summed E-state index contributed by atoms with van der Waals surface area (Å²) in [5, 5.41) is 5.07. The highest BCUT2D eigenvalue weighted by atomic mass is 35.5. The first-order chi connectivity index (χ1) is 11.7. The molecule has 0 unspecified atom stereocenters. The smallest absolute Gasteiger partial charge is 0.141 e. The van der Waals surface area contributed by atoms with Crippen LogP contribution in [0.2, 0.25) is 5.02 Å². The molecule has 2 heterocycles. The van der Waals surface area contributed by atoms with E-state index in [0.717, 1.165) is 43.3 Å². The van der Waals surface area contributed by atoms with Gasteiger partial charge in [0.05, 0.1) is 13.1 Å². The molecule has 1 fully saturated rings. The van der Waals surface area contributed by atoms with Crippen LogP contribution in [-0.4, -0.2) is 38.8 Å². The Morgan fingerprint density at radius 3 is 2.83 bits per heavy atom. The average molecular weight is 346 g/mol. The van der Waals surface area contributed by atoms with E-state index >= 15 is 0 Å². The number of fused-ring (bicyclic) bond motifs is 1. The molecule has 2 aromatic rings. The molecule has 2 aliphatic rings. The highest BCUT2D eigenvalue weighted by molar-refractivity contribution is 6.30. The molecule has 0 bridgehead atoms. The van der Waals surface area contributed by atoms with E-state index in [1.807, 2.05) is 16.8 Å². The monoisotopic (exact) mass is 345 g/mol. The highest BCUT2D eigenvalue weighted by Gasteiger charge is 2.38. The van der Waals surface area contributed by atoms with Crippen LogP contribution < -0.4 is 5.73 Å². The molecule has 1 saturated carbocycles. The number of nitrogens with two attached hydrogens (primary N) is 1. The molecular weight excluding hydrogens is 322 g/mol. The van der Waals surface area contributed by atoms with Crippen LogP contribution in [0.15, 0.2) is 30.6 Å². The van der Waals surface area contributed by atoms with Crippen LogP contribution in [0.25, 0.3) is 0 Å². The largest absolute Gasteiger partial charge is 0.330 e. The van der Waals surface area contributed by atoms with Crippen molar-refractivity contribution in [3.8, 4) is 0 Å². The van der Waals surface area contributed by atoms with Gasteiger partial charge in [-0.2, -0.15) is 5.10 Å². The van der Waals surface area contributed by atoms with Crippen LogP contribution in [0.4, 0.5) is 0 Å². The maximum absolute atomic E-state index is 6.22. The summed E-state index contributed by atoms with van der Waals surface area (Å²) in [5.74, 6) is 1.09. The van der Waals surface area contributed by atoms with E-state index in [2.05, 4.69) is 27.1 Å². The van der Waals surface area contributed by atoms with Gasteiger partial charge in [-0.1, -0.05) is 23.7 Å². The third-order valence-electron chi connectivity index (χ3n) is 5.90. The topological polar surface area (TPSA) is 60.0 Å². The SMILES string of the molecule is NC[C@]1(c2cccc(Cl)c2)CC[C@@H](N2CCn3ncnc3C2)CC1. The van der Waals surface area contributed by atoms with Gasteiger partial charge in [0.15, 0.2) is 0 Å². The van der Waals surface area contributed by atoms with Crippen LogP contribution in [0.5, 0.6) is 0 Å². The van der Waals surface area contributed by atoms with E-state index in [-0.39, 0.29) is 5.41 Å². The summed E-state index contributed by atoms with van der Waals surface area (Å²) >= 11 is 6.21. The number of benzene rings is 1. The van der Waals surface area contributed by atoms with E-state index < -0.39 is 0 Å². The van der Waals surface area contributed by atoms with Gasteiger partial charge in [-0.15, -0.1) is 0 Å². The van der Waals surface area contributed by atoms with E-state index in [1.165, 1.54) is 18.4 Å². The minimum Gasteiger partial charge on any atom is -0.330 e. The zero-order chi connectivity index (χ0) is 16.6. The van der Waals surface area contributed by atoms with Crippen molar-refractivity contribution < 1.29 is 0 Å². The molecule has 6 heteroatoms. The Kier molecular flexibility index (Phi) is 4.33. The maximum atomic E-state index is 6.22. The summed E-state index contributed by atoms with van der Waals surface area (Å²) in [6.45, 7) is 3.61. The number of hydrogen-bond donors (Lipinski definition) is 1. The Balaban J connectivity index is 1.46. The predicted octanol–water partition coefficient (Wildman–Crippen LogP) is 2.59. The number of aromatic nitrogens is 3.